The number of amidine groups is 1. The van der Waals surface area contributed by atoms with E-state index >= 15 is 0 Å². The molecule has 4 aliphatic rings. The predicted octanol–water partition coefficient (Wildman–Crippen LogP) is 2.34. The van der Waals surface area contributed by atoms with E-state index in [2.05, 4.69) is 10.3 Å². The number of thioether (sulfide) groups is 1. The topological polar surface area (TPSA) is 81.5 Å². The highest BCUT2D eigenvalue weighted by atomic mass is 32.2. The first-order chi connectivity index (χ1) is 13.9. The van der Waals surface area contributed by atoms with E-state index in [-0.39, 0.29) is 29.7 Å². The zero-order valence-electron chi connectivity index (χ0n) is 15.1. The molecular formula is C18H19F3N2O5S. The molecule has 2 bridgehead atoms. The Morgan fingerprint density at radius 1 is 1.17 bits per heavy atom. The number of aliphatic imine (C=N–C) groups is 1. The van der Waals surface area contributed by atoms with Gasteiger partial charge in [-0.1, -0.05) is 17.8 Å². The highest BCUT2D eigenvalue weighted by molar-refractivity contribution is 8.14. The van der Waals surface area contributed by atoms with E-state index < -0.39 is 30.7 Å². The Hall–Kier alpha value is -1.69. The third kappa shape index (κ3) is 3.76. The van der Waals surface area contributed by atoms with E-state index in [0.29, 0.717) is 30.1 Å². The molecule has 1 aromatic carbocycles. The Balaban J connectivity index is 1.40. The lowest BCUT2D eigenvalue weighted by atomic mass is 9.98. The minimum absolute atomic E-state index is 0.0923. The van der Waals surface area contributed by atoms with Gasteiger partial charge < -0.3 is 29.4 Å². The van der Waals surface area contributed by atoms with Gasteiger partial charge in [0.25, 0.3) is 0 Å². The van der Waals surface area contributed by atoms with Gasteiger partial charge in [-0.3, -0.25) is 4.99 Å². The molecule has 4 aliphatic heterocycles. The van der Waals surface area contributed by atoms with Crippen LogP contribution in [0.1, 0.15) is 24.4 Å². The molecule has 7 nitrogen and oxygen atoms in total. The average molecular weight is 432 g/mol. The van der Waals surface area contributed by atoms with Crippen LogP contribution in [0, 0.1) is 0 Å². The van der Waals surface area contributed by atoms with Crippen LogP contribution in [-0.2, 0) is 9.47 Å². The summed E-state index contributed by atoms with van der Waals surface area (Å²) in [5.74, 6) is 1.07. The summed E-state index contributed by atoms with van der Waals surface area (Å²) in [6, 6.07) is 2.68. The third-order valence-corrected chi connectivity index (χ3v) is 6.65. The summed E-state index contributed by atoms with van der Waals surface area (Å²) in [4.78, 5) is 4.54. The number of aliphatic hydroxyl groups excluding tert-OH is 1. The van der Waals surface area contributed by atoms with Crippen LogP contribution in [0.3, 0.4) is 0 Å². The molecule has 29 heavy (non-hydrogen) atoms. The SMILES string of the molecule is O[C@H]1C[C@@H](SC2=N[C@H](c3ccc4c(c3)OCO4)C[C@H](C(F)(F)F)N2)[C@@H]2CO[C@@H]1O2. The van der Waals surface area contributed by atoms with Crippen LogP contribution in [0.25, 0.3) is 0 Å². The molecule has 2 fully saturated rings. The summed E-state index contributed by atoms with van der Waals surface area (Å²) in [5, 5.41) is 12.5. The number of hydrogen-bond donors (Lipinski definition) is 2. The number of fused-ring (bicyclic) bond motifs is 3. The van der Waals surface area contributed by atoms with Crippen molar-refractivity contribution in [2.24, 2.45) is 4.99 Å². The van der Waals surface area contributed by atoms with E-state index in [1.807, 2.05) is 0 Å². The molecule has 0 amide bonds. The summed E-state index contributed by atoms with van der Waals surface area (Å²) in [6.07, 6.45) is -6.01. The van der Waals surface area contributed by atoms with Gasteiger partial charge >= 0.3 is 6.18 Å². The summed E-state index contributed by atoms with van der Waals surface area (Å²) in [7, 11) is 0. The molecule has 0 aliphatic carbocycles. The molecule has 0 radical (unpaired) electrons. The summed E-state index contributed by atoms with van der Waals surface area (Å²) < 4.78 is 62.2. The van der Waals surface area contributed by atoms with Crippen molar-refractivity contribution in [1.29, 1.82) is 0 Å². The van der Waals surface area contributed by atoms with Crippen LogP contribution < -0.4 is 14.8 Å². The second kappa shape index (κ2) is 7.22. The molecule has 1 aromatic rings. The van der Waals surface area contributed by atoms with Gasteiger partial charge in [-0.25, -0.2) is 0 Å². The average Bonchev–Trinajstić information content (AvgIpc) is 3.32. The smallest absolute Gasteiger partial charge is 0.408 e. The number of ether oxygens (including phenoxy) is 4. The molecule has 4 heterocycles. The van der Waals surface area contributed by atoms with Crippen molar-refractivity contribution in [3.05, 3.63) is 23.8 Å². The highest BCUT2D eigenvalue weighted by Gasteiger charge is 2.47. The second-order valence-corrected chi connectivity index (χ2v) is 8.60. The fourth-order valence-corrected chi connectivity index (χ4v) is 5.15. The maximum atomic E-state index is 13.6. The van der Waals surface area contributed by atoms with Gasteiger partial charge in [-0.15, -0.1) is 0 Å². The normalized spacial score (nSPS) is 35.9. The zero-order chi connectivity index (χ0) is 20.2. The fourth-order valence-electron chi connectivity index (χ4n) is 3.88. The molecule has 6 atom stereocenters. The first-order valence-corrected chi connectivity index (χ1v) is 10.2. The van der Waals surface area contributed by atoms with Crippen molar-refractivity contribution in [1.82, 2.24) is 5.32 Å². The number of alkyl halides is 3. The third-order valence-electron chi connectivity index (χ3n) is 5.41. The Bertz CT molecular complexity index is 823. The van der Waals surface area contributed by atoms with Crippen LogP contribution in [0.5, 0.6) is 11.5 Å². The molecule has 5 rings (SSSR count). The lowest BCUT2D eigenvalue weighted by Crippen LogP contribution is -2.49. The maximum Gasteiger partial charge on any atom is 0.408 e. The molecule has 158 valence electrons. The molecule has 2 N–H and O–H groups in total. The largest absolute Gasteiger partial charge is 0.454 e. The molecular weight excluding hydrogens is 413 g/mol. The molecule has 0 unspecified atom stereocenters. The van der Waals surface area contributed by atoms with E-state index in [1.165, 1.54) is 11.8 Å². The van der Waals surface area contributed by atoms with Crippen LogP contribution >= 0.6 is 11.8 Å². The zero-order valence-corrected chi connectivity index (χ0v) is 15.9. The van der Waals surface area contributed by atoms with Crippen LogP contribution in [0.4, 0.5) is 13.2 Å². The van der Waals surface area contributed by atoms with Crippen molar-refractivity contribution in [2.45, 2.75) is 54.8 Å². The van der Waals surface area contributed by atoms with Crippen molar-refractivity contribution in [3.8, 4) is 11.5 Å². The molecule has 2 saturated heterocycles. The second-order valence-electron chi connectivity index (χ2n) is 7.37. The van der Waals surface area contributed by atoms with Gasteiger partial charge in [-0.05, 0) is 24.1 Å². The first-order valence-electron chi connectivity index (χ1n) is 9.29. The van der Waals surface area contributed by atoms with E-state index in [9.17, 15) is 18.3 Å². The number of halogens is 3. The maximum absolute atomic E-state index is 13.6. The fraction of sp³-hybridized carbons (Fsp3) is 0.611. The molecule has 0 spiro atoms. The number of benzene rings is 1. The summed E-state index contributed by atoms with van der Waals surface area (Å²) in [6.45, 7) is 0.399. The molecule has 0 saturated carbocycles. The Kier molecular flexibility index (Phi) is 4.80. The standard InChI is InChI=1S/C18H19F3N2O5S/c19-18(20,21)15-4-9(8-1-2-11-12(3-8)27-7-26-11)22-17(23-15)29-14-5-10(24)16-25-6-13(14)28-16/h1-3,9-10,13-16,24H,4-7H2,(H,22,23)/t9-,10-,13-,14+,15+,16+/m0/s1. The van der Waals surface area contributed by atoms with Gasteiger partial charge in [0.1, 0.15) is 12.1 Å². The van der Waals surface area contributed by atoms with E-state index in [0.717, 1.165) is 0 Å². The summed E-state index contributed by atoms with van der Waals surface area (Å²) in [5.41, 5.74) is 0.632. The minimum Gasteiger partial charge on any atom is -0.454 e. The van der Waals surface area contributed by atoms with Gasteiger partial charge in [0.15, 0.2) is 23.0 Å². The van der Waals surface area contributed by atoms with Crippen molar-refractivity contribution in [2.75, 3.05) is 13.4 Å². The Labute approximate surface area is 168 Å². The molecule has 11 heteroatoms. The summed E-state index contributed by atoms with van der Waals surface area (Å²) >= 11 is 1.17. The van der Waals surface area contributed by atoms with Gasteiger partial charge in [0.05, 0.1) is 18.8 Å². The first kappa shape index (κ1) is 19.3. The Morgan fingerprint density at radius 2 is 2.00 bits per heavy atom. The van der Waals surface area contributed by atoms with Crippen LogP contribution in [0.2, 0.25) is 0 Å². The predicted molar refractivity (Wildman–Crippen MR) is 97.0 cm³/mol. The Morgan fingerprint density at radius 3 is 2.83 bits per heavy atom. The highest BCUT2D eigenvalue weighted by Crippen LogP contribution is 2.41. The van der Waals surface area contributed by atoms with E-state index in [1.54, 1.807) is 18.2 Å². The quantitative estimate of drug-likeness (QED) is 0.743. The lowest BCUT2D eigenvalue weighted by Gasteiger charge is -2.34. The van der Waals surface area contributed by atoms with Crippen molar-refractivity contribution >= 4 is 16.9 Å². The van der Waals surface area contributed by atoms with Gasteiger partial charge in [0, 0.05) is 11.7 Å². The minimum atomic E-state index is -4.42. The van der Waals surface area contributed by atoms with Crippen molar-refractivity contribution < 1.29 is 37.2 Å². The number of nitrogens with one attached hydrogen (secondary N) is 1. The van der Waals surface area contributed by atoms with Crippen LogP contribution in [-0.4, -0.2) is 59.6 Å². The number of aliphatic hydroxyl groups is 1. The monoisotopic (exact) mass is 432 g/mol. The molecule has 0 aromatic heterocycles. The number of hydrogen-bond acceptors (Lipinski definition) is 8. The van der Waals surface area contributed by atoms with Gasteiger partial charge in [0.2, 0.25) is 6.79 Å². The number of rotatable bonds is 2. The van der Waals surface area contributed by atoms with E-state index in [4.69, 9.17) is 18.9 Å². The number of nitrogens with zero attached hydrogens (tertiary/aromatic N) is 1. The van der Waals surface area contributed by atoms with Crippen LogP contribution in [0.15, 0.2) is 23.2 Å². The van der Waals surface area contributed by atoms with Gasteiger partial charge in [-0.2, -0.15) is 13.2 Å². The van der Waals surface area contributed by atoms with Crippen molar-refractivity contribution in [3.63, 3.8) is 0 Å². The lowest BCUT2D eigenvalue weighted by molar-refractivity contribution is -0.155.